The second-order valence-electron chi connectivity index (χ2n) is 3.75. The number of anilines is 1. The van der Waals surface area contributed by atoms with Crippen LogP contribution in [-0.2, 0) is 4.74 Å². The van der Waals surface area contributed by atoms with Crippen LogP contribution in [0, 0.1) is 11.3 Å². The van der Waals surface area contributed by atoms with E-state index in [-0.39, 0.29) is 6.61 Å². The summed E-state index contributed by atoms with van der Waals surface area (Å²) < 4.78 is 40.0. The van der Waals surface area contributed by atoms with Gasteiger partial charge in [-0.25, -0.2) is 0 Å². The number of likely N-dealkylation sites (N-methyl/N-ethyl adjacent to an activating group) is 1. The highest BCUT2D eigenvalue weighted by Gasteiger charge is 2.27. The zero-order valence-electron chi connectivity index (χ0n) is 9.87. The summed E-state index contributed by atoms with van der Waals surface area (Å²) in [7, 11) is 1.75. The lowest BCUT2D eigenvalue weighted by molar-refractivity contribution is -0.173. The van der Waals surface area contributed by atoms with E-state index in [1.165, 1.54) is 0 Å². The Hall–Kier alpha value is -1.74. The Bertz CT molecular complexity index is 409. The number of hydrogen-bond donors (Lipinski definition) is 0. The fourth-order valence-corrected chi connectivity index (χ4v) is 1.31. The molecule has 18 heavy (non-hydrogen) atoms. The van der Waals surface area contributed by atoms with Gasteiger partial charge in [-0.1, -0.05) is 0 Å². The molecule has 0 saturated heterocycles. The first kappa shape index (κ1) is 14.3. The van der Waals surface area contributed by atoms with E-state index in [1.54, 1.807) is 36.2 Å². The fourth-order valence-electron chi connectivity index (χ4n) is 1.31. The standard InChI is InChI=1S/C12H13F3N2O/c1-17(6-7-18-9-12(13,14)15)11-4-2-10(8-16)3-5-11/h2-5H,6-7,9H2,1H3. The average molecular weight is 258 g/mol. The van der Waals surface area contributed by atoms with Gasteiger partial charge in [0.05, 0.1) is 18.2 Å². The summed E-state index contributed by atoms with van der Waals surface area (Å²) in [4.78, 5) is 1.76. The Morgan fingerprint density at radius 1 is 1.28 bits per heavy atom. The van der Waals surface area contributed by atoms with Crippen molar-refractivity contribution in [1.82, 2.24) is 0 Å². The lowest BCUT2D eigenvalue weighted by atomic mass is 10.2. The molecule has 0 aliphatic rings. The zero-order valence-corrected chi connectivity index (χ0v) is 9.87. The maximum atomic E-state index is 11.8. The highest BCUT2D eigenvalue weighted by Crippen LogP contribution is 2.15. The Morgan fingerprint density at radius 3 is 2.39 bits per heavy atom. The zero-order chi connectivity index (χ0) is 13.6. The molecule has 0 aromatic heterocycles. The number of rotatable bonds is 5. The third-order valence-electron chi connectivity index (χ3n) is 2.27. The van der Waals surface area contributed by atoms with E-state index in [9.17, 15) is 13.2 Å². The summed E-state index contributed by atoms with van der Waals surface area (Å²) in [6.45, 7) is -0.883. The molecule has 0 aliphatic carbocycles. The molecule has 0 unspecified atom stereocenters. The van der Waals surface area contributed by atoms with Gasteiger partial charge < -0.3 is 9.64 Å². The van der Waals surface area contributed by atoms with Gasteiger partial charge in [-0.3, -0.25) is 0 Å². The second kappa shape index (κ2) is 6.26. The number of nitrogens with zero attached hydrogens (tertiary/aromatic N) is 2. The van der Waals surface area contributed by atoms with E-state index in [4.69, 9.17) is 5.26 Å². The minimum absolute atomic E-state index is 0.00396. The van der Waals surface area contributed by atoms with Crippen molar-refractivity contribution >= 4 is 5.69 Å². The smallest absolute Gasteiger partial charge is 0.372 e. The van der Waals surface area contributed by atoms with Crippen molar-refractivity contribution in [2.45, 2.75) is 6.18 Å². The van der Waals surface area contributed by atoms with E-state index in [0.29, 0.717) is 12.1 Å². The summed E-state index contributed by atoms with van der Waals surface area (Å²) in [5, 5.41) is 8.63. The molecule has 0 spiro atoms. The normalized spacial score (nSPS) is 11.1. The van der Waals surface area contributed by atoms with Crippen LogP contribution in [0.5, 0.6) is 0 Å². The van der Waals surface area contributed by atoms with Crippen molar-refractivity contribution in [1.29, 1.82) is 5.26 Å². The maximum absolute atomic E-state index is 11.8. The molecule has 6 heteroatoms. The van der Waals surface area contributed by atoms with E-state index in [1.807, 2.05) is 6.07 Å². The van der Waals surface area contributed by atoms with Gasteiger partial charge in [0, 0.05) is 19.3 Å². The van der Waals surface area contributed by atoms with E-state index < -0.39 is 12.8 Å². The van der Waals surface area contributed by atoms with Crippen molar-refractivity contribution in [3.8, 4) is 6.07 Å². The minimum Gasteiger partial charge on any atom is -0.372 e. The van der Waals surface area contributed by atoms with Crippen LogP contribution in [0.2, 0.25) is 0 Å². The number of nitriles is 1. The second-order valence-corrected chi connectivity index (χ2v) is 3.75. The van der Waals surface area contributed by atoms with Gasteiger partial charge in [-0.05, 0) is 24.3 Å². The van der Waals surface area contributed by atoms with Crippen LogP contribution in [0.4, 0.5) is 18.9 Å². The third-order valence-corrected chi connectivity index (χ3v) is 2.27. The molecule has 0 atom stereocenters. The number of ether oxygens (including phenoxy) is 1. The molecular formula is C12H13F3N2O. The predicted octanol–water partition coefficient (Wildman–Crippen LogP) is 2.57. The summed E-state index contributed by atoms with van der Waals surface area (Å²) in [5.74, 6) is 0. The first-order chi connectivity index (χ1) is 8.42. The van der Waals surface area contributed by atoms with E-state index in [0.717, 1.165) is 5.69 Å². The topological polar surface area (TPSA) is 36.3 Å². The van der Waals surface area contributed by atoms with Gasteiger partial charge in [0.15, 0.2) is 0 Å². The summed E-state index contributed by atoms with van der Waals surface area (Å²) in [6.07, 6.45) is -4.28. The Labute approximate surface area is 103 Å². The lowest BCUT2D eigenvalue weighted by Gasteiger charge is -2.19. The van der Waals surface area contributed by atoms with Crippen molar-refractivity contribution in [2.24, 2.45) is 0 Å². The maximum Gasteiger partial charge on any atom is 0.411 e. The quantitative estimate of drug-likeness (QED) is 0.761. The molecule has 0 amide bonds. The van der Waals surface area contributed by atoms with Crippen LogP contribution in [0.1, 0.15) is 5.56 Å². The van der Waals surface area contributed by atoms with Crippen LogP contribution in [-0.4, -0.2) is 33.0 Å². The largest absolute Gasteiger partial charge is 0.411 e. The minimum atomic E-state index is -4.28. The van der Waals surface area contributed by atoms with Crippen LogP contribution in [0.15, 0.2) is 24.3 Å². The Morgan fingerprint density at radius 2 is 1.89 bits per heavy atom. The van der Waals surface area contributed by atoms with Gasteiger partial charge in [0.2, 0.25) is 0 Å². The molecule has 0 N–H and O–H groups in total. The number of hydrogen-bond acceptors (Lipinski definition) is 3. The van der Waals surface area contributed by atoms with Crippen LogP contribution in [0.25, 0.3) is 0 Å². The number of benzene rings is 1. The molecule has 0 saturated carbocycles. The van der Waals surface area contributed by atoms with Gasteiger partial charge in [0.1, 0.15) is 6.61 Å². The number of halogens is 3. The van der Waals surface area contributed by atoms with E-state index in [2.05, 4.69) is 4.74 Å². The molecule has 0 heterocycles. The lowest BCUT2D eigenvalue weighted by Crippen LogP contribution is -2.25. The van der Waals surface area contributed by atoms with Crippen molar-refractivity contribution in [3.05, 3.63) is 29.8 Å². The molecule has 1 aromatic rings. The predicted molar refractivity (Wildman–Crippen MR) is 61.3 cm³/mol. The molecule has 0 bridgehead atoms. The van der Waals surface area contributed by atoms with Crippen LogP contribution < -0.4 is 4.90 Å². The molecule has 0 aliphatic heterocycles. The van der Waals surface area contributed by atoms with Crippen LogP contribution in [0.3, 0.4) is 0 Å². The SMILES string of the molecule is CN(CCOCC(F)(F)F)c1ccc(C#N)cc1. The summed E-state index contributed by atoms with van der Waals surface area (Å²) >= 11 is 0. The fraction of sp³-hybridized carbons (Fsp3) is 0.417. The van der Waals surface area contributed by atoms with E-state index >= 15 is 0 Å². The highest BCUT2D eigenvalue weighted by atomic mass is 19.4. The monoisotopic (exact) mass is 258 g/mol. The van der Waals surface area contributed by atoms with Crippen molar-refractivity contribution in [3.63, 3.8) is 0 Å². The molecule has 0 fully saturated rings. The summed E-state index contributed by atoms with van der Waals surface area (Å²) in [5.41, 5.74) is 1.37. The van der Waals surface area contributed by atoms with Gasteiger partial charge >= 0.3 is 6.18 Å². The third kappa shape index (κ3) is 5.06. The summed E-state index contributed by atoms with van der Waals surface area (Å²) in [6, 6.07) is 8.78. The molecule has 0 radical (unpaired) electrons. The molecule has 98 valence electrons. The first-order valence-electron chi connectivity index (χ1n) is 5.28. The molecule has 3 nitrogen and oxygen atoms in total. The van der Waals surface area contributed by atoms with Gasteiger partial charge in [-0.2, -0.15) is 18.4 Å². The van der Waals surface area contributed by atoms with Crippen molar-refractivity contribution < 1.29 is 17.9 Å². The van der Waals surface area contributed by atoms with Crippen molar-refractivity contribution in [2.75, 3.05) is 31.7 Å². The van der Waals surface area contributed by atoms with Gasteiger partial charge in [0.25, 0.3) is 0 Å². The highest BCUT2D eigenvalue weighted by molar-refractivity contribution is 5.48. The first-order valence-corrected chi connectivity index (χ1v) is 5.28. The molecule has 1 rings (SSSR count). The van der Waals surface area contributed by atoms with Gasteiger partial charge in [-0.15, -0.1) is 0 Å². The van der Waals surface area contributed by atoms with Crippen LogP contribution >= 0.6 is 0 Å². The number of alkyl halides is 3. The molecular weight excluding hydrogens is 245 g/mol. The Kier molecular flexibility index (Phi) is 4.98. The Balaban J connectivity index is 2.36. The molecule has 1 aromatic carbocycles. The average Bonchev–Trinajstić information content (AvgIpc) is 2.33.